The van der Waals surface area contributed by atoms with Crippen molar-refractivity contribution in [3.05, 3.63) is 89.0 Å². The average Bonchev–Trinajstić information content (AvgIpc) is 3.57. The van der Waals surface area contributed by atoms with Gasteiger partial charge in [-0.15, -0.1) is 10.2 Å². The lowest BCUT2D eigenvalue weighted by Gasteiger charge is -2.14. The highest BCUT2D eigenvalue weighted by Gasteiger charge is 2.22. The maximum Gasteiger partial charge on any atom is 0.320 e. The third-order valence-corrected chi connectivity index (χ3v) is 8.05. The molecule has 0 radical (unpaired) electrons. The molecule has 0 aliphatic rings. The summed E-state index contributed by atoms with van der Waals surface area (Å²) in [6.45, 7) is 10.8. The van der Waals surface area contributed by atoms with Crippen molar-refractivity contribution >= 4 is 40.9 Å². The van der Waals surface area contributed by atoms with Gasteiger partial charge < -0.3 is 10.1 Å². The molecule has 3 aromatic heterocycles. The maximum atomic E-state index is 13.1. The van der Waals surface area contributed by atoms with Gasteiger partial charge in [0, 0.05) is 39.9 Å². The first-order chi connectivity index (χ1) is 20.0. The highest BCUT2D eigenvalue weighted by molar-refractivity contribution is 7.99. The molecule has 0 unspecified atom stereocenters. The van der Waals surface area contributed by atoms with Gasteiger partial charge in [0.05, 0.1) is 23.5 Å². The number of carbonyl (C=O) groups is 1. The molecule has 0 saturated heterocycles. The number of carbonyl (C=O) groups excluding carboxylic acids is 1. The molecule has 11 heteroatoms. The number of nitrogens with one attached hydrogen (secondary N) is 2. The second-order valence-corrected chi connectivity index (χ2v) is 12.7. The van der Waals surface area contributed by atoms with E-state index in [2.05, 4.69) is 67.7 Å². The molecule has 2 aromatic carbocycles. The molecule has 0 atom stereocenters. The Kier molecular flexibility index (Phi) is 8.47. The van der Waals surface area contributed by atoms with Crippen molar-refractivity contribution in [2.45, 2.75) is 62.3 Å². The first-order valence-corrected chi connectivity index (χ1v) is 14.8. The Bertz CT molecular complexity index is 1740. The van der Waals surface area contributed by atoms with Crippen molar-refractivity contribution in [3.63, 3.8) is 0 Å². The minimum absolute atomic E-state index is 0.226. The number of rotatable bonds is 8. The fraction of sp³-hybridized carbons (Fsp3) is 0.290. The summed E-state index contributed by atoms with van der Waals surface area (Å²) in [4.78, 5) is 15.2. The van der Waals surface area contributed by atoms with Crippen LogP contribution in [0.5, 0.6) is 5.75 Å². The smallest absolute Gasteiger partial charge is 0.320 e. The Morgan fingerprint density at radius 3 is 2.57 bits per heavy atom. The van der Waals surface area contributed by atoms with Gasteiger partial charge in [-0.3, -0.25) is 9.72 Å². The lowest BCUT2D eigenvalue weighted by molar-refractivity contribution is 0.251. The van der Waals surface area contributed by atoms with Crippen LogP contribution in [0, 0.1) is 0 Å². The lowest BCUT2D eigenvalue weighted by Crippen LogP contribution is -2.29. The van der Waals surface area contributed by atoms with Crippen molar-refractivity contribution in [1.82, 2.24) is 29.7 Å². The van der Waals surface area contributed by atoms with Crippen molar-refractivity contribution in [1.29, 1.82) is 0 Å². The third-order valence-electron chi connectivity index (χ3n) is 6.66. The SMILES string of the molecule is COc1ccc(-n2nc(C(C)(C)C)cc2NC(=O)NCc2ccccc2Sc2ccc3nnc(C(C)C)n3c2)cc1Cl. The molecule has 5 aromatic rings. The number of urea groups is 1. The standard InChI is InChI=1S/C31H34ClN7O2S/c1-19(2)29-36-35-27-14-12-22(18-38(27)29)42-25-10-8-7-9-20(25)17-33-30(40)34-28-16-26(31(3,4)5)37-39(28)21-11-13-24(41-6)23(32)15-21/h7-16,18-19H,17H2,1-6H3,(H2,33,34,40). The van der Waals surface area contributed by atoms with Crippen LogP contribution in [-0.2, 0) is 12.0 Å². The molecule has 218 valence electrons. The number of anilines is 1. The summed E-state index contributed by atoms with van der Waals surface area (Å²) < 4.78 is 9.01. The van der Waals surface area contributed by atoms with Gasteiger partial charge in [0.2, 0.25) is 0 Å². The Morgan fingerprint density at radius 2 is 1.86 bits per heavy atom. The van der Waals surface area contributed by atoms with Gasteiger partial charge in [-0.2, -0.15) is 5.10 Å². The van der Waals surface area contributed by atoms with E-state index in [1.807, 2.05) is 46.9 Å². The quantitative estimate of drug-likeness (QED) is 0.191. The van der Waals surface area contributed by atoms with Crippen molar-refractivity contribution in [2.24, 2.45) is 0 Å². The first-order valence-electron chi connectivity index (χ1n) is 13.6. The summed E-state index contributed by atoms with van der Waals surface area (Å²) in [5.41, 5.74) is 3.13. The van der Waals surface area contributed by atoms with Crippen LogP contribution in [0.2, 0.25) is 5.02 Å². The van der Waals surface area contributed by atoms with E-state index in [1.54, 1.807) is 35.7 Å². The van der Waals surface area contributed by atoms with E-state index in [0.29, 0.717) is 28.8 Å². The highest BCUT2D eigenvalue weighted by Crippen LogP contribution is 2.32. The molecule has 2 N–H and O–H groups in total. The van der Waals surface area contributed by atoms with Crippen molar-refractivity contribution < 1.29 is 9.53 Å². The van der Waals surface area contributed by atoms with E-state index >= 15 is 0 Å². The molecule has 0 aliphatic heterocycles. The van der Waals surface area contributed by atoms with Crippen LogP contribution in [0.15, 0.2) is 76.7 Å². The van der Waals surface area contributed by atoms with E-state index in [0.717, 1.165) is 32.5 Å². The number of aromatic nitrogens is 5. The summed E-state index contributed by atoms with van der Waals surface area (Å²) in [6.07, 6.45) is 2.06. The van der Waals surface area contributed by atoms with E-state index in [-0.39, 0.29) is 17.4 Å². The second-order valence-electron chi connectivity index (χ2n) is 11.2. The minimum Gasteiger partial charge on any atom is -0.495 e. The molecule has 3 heterocycles. The summed E-state index contributed by atoms with van der Waals surface area (Å²) in [5.74, 6) is 2.27. The highest BCUT2D eigenvalue weighted by atomic mass is 35.5. The first kappa shape index (κ1) is 29.5. The molecule has 2 amide bonds. The van der Waals surface area contributed by atoms with Crippen LogP contribution < -0.4 is 15.4 Å². The van der Waals surface area contributed by atoms with Crippen LogP contribution in [0.25, 0.3) is 11.3 Å². The van der Waals surface area contributed by atoms with Crippen molar-refractivity contribution in [2.75, 3.05) is 12.4 Å². The number of hydrogen-bond acceptors (Lipinski definition) is 6. The topological polar surface area (TPSA) is 98.4 Å². The number of hydrogen-bond donors (Lipinski definition) is 2. The van der Waals surface area contributed by atoms with Crippen LogP contribution in [0.1, 0.15) is 57.6 Å². The zero-order valence-electron chi connectivity index (χ0n) is 24.5. The van der Waals surface area contributed by atoms with Gasteiger partial charge in [0.1, 0.15) is 17.4 Å². The van der Waals surface area contributed by atoms with Crippen LogP contribution in [0.3, 0.4) is 0 Å². The van der Waals surface area contributed by atoms with E-state index in [9.17, 15) is 4.79 Å². The van der Waals surface area contributed by atoms with Gasteiger partial charge in [0.25, 0.3) is 0 Å². The largest absolute Gasteiger partial charge is 0.495 e. The predicted molar refractivity (Wildman–Crippen MR) is 167 cm³/mol. The number of benzene rings is 2. The van der Waals surface area contributed by atoms with Crippen LogP contribution in [-0.4, -0.2) is 37.5 Å². The fourth-order valence-corrected chi connectivity index (χ4v) is 5.59. The number of amides is 2. The Morgan fingerprint density at radius 1 is 1.07 bits per heavy atom. The maximum absolute atomic E-state index is 13.1. The zero-order chi connectivity index (χ0) is 30.0. The Hall–Kier alpha value is -4.02. The predicted octanol–water partition coefficient (Wildman–Crippen LogP) is 7.47. The van der Waals surface area contributed by atoms with E-state index in [4.69, 9.17) is 21.4 Å². The number of pyridine rings is 1. The van der Waals surface area contributed by atoms with Gasteiger partial charge in [-0.25, -0.2) is 9.48 Å². The average molecular weight is 604 g/mol. The van der Waals surface area contributed by atoms with Gasteiger partial charge in [0.15, 0.2) is 5.65 Å². The summed E-state index contributed by atoms with van der Waals surface area (Å²) in [5, 5.41) is 19.8. The van der Waals surface area contributed by atoms with Gasteiger partial charge in [-0.1, -0.05) is 76.2 Å². The third kappa shape index (κ3) is 6.39. The molecule has 0 saturated carbocycles. The lowest BCUT2D eigenvalue weighted by atomic mass is 9.92. The fourth-order valence-electron chi connectivity index (χ4n) is 4.38. The summed E-state index contributed by atoms with van der Waals surface area (Å²) in [7, 11) is 1.57. The number of fused-ring (bicyclic) bond motifs is 1. The zero-order valence-corrected chi connectivity index (χ0v) is 26.0. The van der Waals surface area contributed by atoms with E-state index in [1.165, 1.54) is 0 Å². The molecule has 42 heavy (non-hydrogen) atoms. The molecule has 0 bridgehead atoms. The van der Waals surface area contributed by atoms with Crippen molar-refractivity contribution in [3.8, 4) is 11.4 Å². The van der Waals surface area contributed by atoms with Crippen LogP contribution in [0.4, 0.5) is 10.6 Å². The number of methoxy groups -OCH3 is 1. The molecular weight excluding hydrogens is 570 g/mol. The number of halogens is 1. The summed E-state index contributed by atoms with van der Waals surface area (Å²) >= 11 is 8.03. The Labute approximate surface area is 254 Å². The van der Waals surface area contributed by atoms with Gasteiger partial charge in [-0.05, 0) is 42.0 Å². The van der Waals surface area contributed by atoms with Gasteiger partial charge >= 0.3 is 6.03 Å². The molecule has 9 nitrogen and oxygen atoms in total. The monoisotopic (exact) mass is 603 g/mol. The molecular formula is C31H34ClN7O2S. The second kappa shape index (κ2) is 12.1. The Balaban J connectivity index is 1.33. The molecule has 0 fully saturated rings. The number of ether oxygens (including phenoxy) is 1. The van der Waals surface area contributed by atoms with E-state index < -0.39 is 0 Å². The summed E-state index contributed by atoms with van der Waals surface area (Å²) in [6, 6.07) is 19.0. The van der Waals surface area contributed by atoms with Crippen LogP contribution >= 0.6 is 23.4 Å². The number of nitrogens with zero attached hydrogens (tertiary/aromatic N) is 5. The minimum atomic E-state index is -0.344. The molecule has 0 aliphatic carbocycles. The molecule has 0 spiro atoms. The normalized spacial score (nSPS) is 11.7. The molecule has 5 rings (SSSR count).